The summed E-state index contributed by atoms with van der Waals surface area (Å²) < 4.78 is 43.7. The Hall–Kier alpha value is 0.187. The van der Waals surface area contributed by atoms with Gasteiger partial charge in [0.15, 0.2) is 8.32 Å². The highest BCUT2D eigenvalue weighted by molar-refractivity contribution is 9.11. The molecule has 0 radical (unpaired) electrons. The molecule has 0 unspecified atom stereocenters. The Balaban J connectivity index is 4.84. The predicted octanol–water partition coefficient (Wildman–Crippen LogP) is 5.24. The normalized spacial score (nSPS) is 15.9. The first kappa shape index (κ1) is 17.2. The Morgan fingerprint density at radius 1 is 1.18 bits per heavy atom. The van der Waals surface area contributed by atoms with Crippen LogP contribution in [0.25, 0.3) is 0 Å². The summed E-state index contributed by atoms with van der Waals surface area (Å²) in [6.07, 6.45) is -4.34. The lowest BCUT2D eigenvalue weighted by atomic mass is 10.2. The average Bonchev–Trinajstić information content (AvgIpc) is 1.97. The van der Waals surface area contributed by atoms with Crippen LogP contribution >= 0.6 is 15.9 Å². The van der Waals surface area contributed by atoms with E-state index in [2.05, 4.69) is 15.9 Å². The van der Waals surface area contributed by atoms with Crippen molar-refractivity contribution in [2.24, 2.45) is 0 Å². The molecule has 0 aliphatic rings. The molecule has 0 aliphatic carbocycles. The summed E-state index contributed by atoms with van der Waals surface area (Å²) in [5.74, 6) is 0. The highest BCUT2D eigenvalue weighted by atomic mass is 79.9. The summed E-state index contributed by atoms with van der Waals surface area (Å²) in [5, 5.41) is -0.0933. The maximum atomic E-state index is 12.7. The van der Waals surface area contributed by atoms with Crippen molar-refractivity contribution in [2.45, 2.75) is 52.0 Å². The van der Waals surface area contributed by atoms with E-state index in [1.54, 1.807) is 0 Å². The van der Waals surface area contributed by atoms with Gasteiger partial charge in [-0.15, -0.1) is 0 Å². The Labute approximate surface area is 111 Å². The quantitative estimate of drug-likeness (QED) is 0.642. The fourth-order valence-electron chi connectivity index (χ4n) is 0.846. The van der Waals surface area contributed by atoms with Crippen LogP contribution < -0.4 is 0 Å². The molecule has 0 rings (SSSR count). The minimum Gasteiger partial charge on any atom is -0.413 e. The van der Waals surface area contributed by atoms with E-state index < -0.39 is 20.1 Å². The zero-order valence-corrected chi connectivity index (χ0v) is 13.7. The van der Waals surface area contributed by atoms with Gasteiger partial charge in [0.1, 0.15) is 0 Å². The first-order chi connectivity index (χ1) is 7.29. The molecule has 0 spiro atoms. The molecule has 0 aromatic heterocycles. The van der Waals surface area contributed by atoms with Crippen molar-refractivity contribution in [3.63, 3.8) is 0 Å². The van der Waals surface area contributed by atoms with Gasteiger partial charge in [-0.25, -0.2) is 0 Å². The van der Waals surface area contributed by atoms with Crippen LogP contribution in [0.4, 0.5) is 13.2 Å². The van der Waals surface area contributed by atoms with Crippen LogP contribution in [0.3, 0.4) is 0 Å². The molecule has 1 nitrogen and oxygen atoms in total. The summed E-state index contributed by atoms with van der Waals surface area (Å²) >= 11 is 2.89. The smallest absolute Gasteiger partial charge is 0.413 e. The highest BCUT2D eigenvalue weighted by Gasteiger charge is 2.40. The van der Waals surface area contributed by atoms with Gasteiger partial charge < -0.3 is 4.43 Å². The molecule has 0 saturated heterocycles. The molecule has 6 heteroatoms. The van der Waals surface area contributed by atoms with Gasteiger partial charge in [0.2, 0.25) is 0 Å². The van der Waals surface area contributed by atoms with Gasteiger partial charge in [-0.3, -0.25) is 0 Å². The maximum absolute atomic E-state index is 12.7. The van der Waals surface area contributed by atoms with Crippen LogP contribution in [0, 0.1) is 0 Å². The molecule has 0 atom stereocenters. The molecule has 0 heterocycles. The zero-order valence-electron chi connectivity index (χ0n) is 11.1. The Kier molecular flexibility index (Phi) is 5.50. The lowest BCUT2D eigenvalue weighted by molar-refractivity contribution is -0.0973. The lowest BCUT2D eigenvalue weighted by Gasteiger charge is -2.36. The van der Waals surface area contributed by atoms with Gasteiger partial charge >= 0.3 is 6.18 Å². The summed E-state index contributed by atoms with van der Waals surface area (Å²) in [5.41, 5.74) is -0.637. The molecule has 102 valence electrons. The van der Waals surface area contributed by atoms with E-state index in [9.17, 15) is 13.2 Å². The van der Waals surface area contributed by atoms with Gasteiger partial charge in [0.05, 0.1) is 12.2 Å². The van der Waals surface area contributed by atoms with E-state index in [0.717, 1.165) is 0 Å². The Morgan fingerprint density at radius 3 is 1.82 bits per heavy atom. The number of rotatable bonds is 3. The van der Waals surface area contributed by atoms with Crippen LogP contribution in [0.15, 0.2) is 10.1 Å². The third-order valence-corrected chi connectivity index (χ3v) is 8.10. The van der Waals surface area contributed by atoms with Crippen molar-refractivity contribution in [3.05, 3.63) is 10.1 Å². The molecule has 0 aromatic carbocycles. The number of hydrogen-bond donors (Lipinski definition) is 0. The SMILES string of the molecule is C/C(Br)=C(/CO[Si](C)(C)C(C)(C)C)C(F)(F)F. The predicted molar refractivity (Wildman–Crippen MR) is 70.8 cm³/mol. The van der Waals surface area contributed by atoms with Gasteiger partial charge in [-0.05, 0) is 25.1 Å². The molecular formula is C11H20BrF3OSi. The average molecular weight is 333 g/mol. The minimum absolute atomic E-state index is 0.0868. The largest absolute Gasteiger partial charge is 0.415 e. The number of allylic oxidation sites excluding steroid dienone is 1. The van der Waals surface area contributed by atoms with E-state index in [1.165, 1.54) is 6.92 Å². The van der Waals surface area contributed by atoms with Crippen molar-refractivity contribution in [1.29, 1.82) is 0 Å². The van der Waals surface area contributed by atoms with E-state index in [1.807, 2.05) is 33.9 Å². The van der Waals surface area contributed by atoms with Gasteiger partial charge in [-0.2, -0.15) is 13.2 Å². The molecule has 0 amide bonds. The number of halogens is 4. The van der Waals surface area contributed by atoms with Gasteiger partial charge in [0, 0.05) is 4.48 Å². The summed E-state index contributed by atoms with van der Waals surface area (Å²) in [6, 6.07) is 0. The van der Waals surface area contributed by atoms with Crippen LogP contribution in [-0.4, -0.2) is 21.1 Å². The van der Waals surface area contributed by atoms with E-state index in [4.69, 9.17) is 4.43 Å². The molecule has 0 saturated carbocycles. The summed E-state index contributed by atoms with van der Waals surface area (Å²) in [7, 11) is -2.15. The summed E-state index contributed by atoms with van der Waals surface area (Å²) in [6.45, 7) is 10.9. The van der Waals surface area contributed by atoms with Crippen molar-refractivity contribution < 1.29 is 17.6 Å². The topological polar surface area (TPSA) is 9.23 Å². The fraction of sp³-hybridized carbons (Fsp3) is 0.818. The summed E-state index contributed by atoms with van der Waals surface area (Å²) in [4.78, 5) is 0. The maximum Gasteiger partial charge on any atom is 0.415 e. The van der Waals surface area contributed by atoms with E-state index in [-0.39, 0.29) is 16.1 Å². The van der Waals surface area contributed by atoms with Crippen LogP contribution in [-0.2, 0) is 4.43 Å². The van der Waals surface area contributed by atoms with Crippen LogP contribution in [0.1, 0.15) is 27.7 Å². The van der Waals surface area contributed by atoms with Crippen molar-refractivity contribution >= 4 is 24.2 Å². The Bertz CT molecular complexity index is 299. The molecule has 0 aliphatic heterocycles. The number of hydrogen-bond acceptors (Lipinski definition) is 1. The van der Waals surface area contributed by atoms with E-state index in [0.29, 0.717) is 0 Å². The van der Waals surface area contributed by atoms with E-state index >= 15 is 0 Å². The monoisotopic (exact) mass is 332 g/mol. The fourth-order valence-corrected chi connectivity index (χ4v) is 2.12. The molecule has 17 heavy (non-hydrogen) atoms. The minimum atomic E-state index is -4.34. The van der Waals surface area contributed by atoms with Crippen molar-refractivity contribution in [1.82, 2.24) is 0 Å². The van der Waals surface area contributed by atoms with Crippen LogP contribution in [0.5, 0.6) is 0 Å². The van der Waals surface area contributed by atoms with Crippen molar-refractivity contribution in [3.8, 4) is 0 Å². The van der Waals surface area contributed by atoms with Crippen LogP contribution in [0.2, 0.25) is 18.1 Å². The van der Waals surface area contributed by atoms with Gasteiger partial charge in [-0.1, -0.05) is 36.7 Å². The second-order valence-corrected chi connectivity index (χ2v) is 11.6. The first-order valence-electron chi connectivity index (χ1n) is 5.35. The molecule has 0 fully saturated rings. The standard InChI is InChI=1S/C11H20BrF3OSi/c1-8(12)9(11(13,14)15)7-16-17(5,6)10(2,3)4/h7H2,1-6H3/b9-8+. The molecule has 0 aromatic rings. The number of alkyl halides is 3. The third-order valence-electron chi connectivity index (χ3n) is 3.14. The second-order valence-electron chi connectivity index (χ2n) is 5.56. The zero-order chi connectivity index (χ0) is 14.1. The first-order valence-corrected chi connectivity index (χ1v) is 9.05. The highest BCUT2D eigenvalue weighted by Crippen LogP contribution is 2.38. The van der Waals surface area contributed by atoms with Crippen molar-refractivity contribution in [2.75, 3.05) is 6.61 Å². The van der Waals surface area contributed by atoms with Gasteiger partial charge in [0.25, 0.3) is 0 Å². The molecular weight excluding hydrogens is 313 g/mol. The Morgan fingerprint density at radius 2 is 1.59 bits per heavy atom. The molecule has 0 N–H and O–H groups in total. The third kappa shape index (κ3) is 5.14. The molecule has 0 bridgehead atoms. The lowest BCUT2D eigenvalue weighted by Crippen LogP contribution is -2.42. The second kappa shape index (κ2) is 5.44.